The van der Waals surface area contributed by atoms with Gasteiger partial charge in [0.15, 0.2) is 11.2 Å². The lowest BCUT2D eigenvalue weighted by Crippen LogP contribution is -2.37. The summed E-state index contributed by atoms with van der Waals surface area (Å²) in [5.74, 6) is 0. The minimum Gasteiger partial charge on any atom is -0.358 e. The molecule has 0 saturated carbocycles. The molecule has 0 atom stereocenters. The van der Waals surface area contributed by atoms with Crippen molar-refractivity contribution in [2.24, 2.45) is 14.1 Å². The van der Waals surface area contributed by atoms with Crippen molar-refractivity contribution in [3.05, 3.63) is 62.7 Å². The second kappa shape index (κ2) is 6.01. The van der Waals surface area contributed by atoms with Gasteiger partial charge < -0.3 is 9.55 Å². The Hall–Kier alpha value is -3.09. The highest BCUT2D eigenvalue weighted by molar-refractivity contribution is 5.81. The second-order valence-corrected chi connectivity index (χ2v) is 6.80. The number of aromatic nitrogens is 5. The smallest absolute Gasteiger partial charge is 0.332 e. The van der Waals surface area contributed by atoms with E-state index in [4.69, 9.17) is 0 Å². The standard InChI is InChI=1S/C19H21N5O2/c1-12-6-7-13-10-14(21-15(13)9-12)5-4-8-24-11-20-17-16(24)18(25)23(3)19(26)22(17)2/h6-7,9-11,21H,4-5,8H2,1-3H3. The van der Waals surface area contributed by atoms with Crippen LogP contribution in [0.1, 0.15) is 17.7 Å². The number of benzene rings is 1. The zero-order valence-electron chi connectivity index (χ0n) is 15.1. The van der Waals surface area contributed by atoms with Gasteiger partial charge in [-0.1, -0.05) is 12.1 Å². The number of rotatable bonds is 4. The zero-order chi connectivity index (χ0) is 18.4. The molecule has 3 heterocycles. The molecule has 3 aromatic heterocycles. The maximum Gasteiger partial charge on any atom is 0.332 e. The summed E-state index contributed by atoms with van der Waals surface area (Å²) in [6.07, 6.45) is 3.38. The van der Waals surface area contributed by atoms with Crippen LogP contribution in [0.3, 0.4) is 0 Å². The normalized spacial score (nSPS) is 11.7. The monoisotopic (exact) mass is 351 g/mol. The number of imidazole rings is 1. The SMILES string of the molecule is Cc1ccc2cc(CCCn3cnc4c3c(=O)n(C)c(=O)n4C)[nH]c2c1. The first-order chi connectivity index (χ1) is 12.5. The fourth-order valence-corrected chi connectivity index (χ4v) is 3.44. The molecule has 0 bridgehead atoms. The van der Waals surface area contributed by atoms with Crippen LogP contribution in [-0.4, -0.2) is 23.7 Å². The van der Waals surface area contributed by atoms with Gasteiger partial charge in [0, 0.05) is 31.9 Å². The lowest BCUT2D eigenvalue weighted by Gasteiger charge is -2.06. The van der Waals surface area contributed by atoms with Gasteiger partial charge in [-0.15, -0.1) is 0 Å². The van der Waals surface area contributed by atoms with Gasteiger partial charge in [-0.05, 0) is 42.8 Å². The lowest BCUT2D eigenvalue weighted by molar-refractivity contribution is 0.643. The van der Waals surface area contributed by atoms with Crippen LogP contribution in [0.15, 0.2) is 40.2 Å². The summed E-state index contributed by atoms with van der Waals surface area (Å²) in [5, 5.41) is 1.21. The number of hydrogen-bond acceptors (Lipinski definition) is 3. The number of fused-ring (bicyclic) bond motifs is 2. The van der Waals surface area contributed by atoms with E-state index >= 15 is 0 Å². The molecule has 0 unspecified atom stereocenters. The average molecular weight is 351 g/mol. The van der Waals surface area contributed by atoms with Crippen LogP contribution in [0, 0.1) is 6.92 Å². The molecule has 0 saturated heterocycles. The molecular formula is C19H21N5O2. The van der Waals surface area contributed by atoms with Crippen LogP contribution in [0.4, 0.5) is 0 Å². The van der Waals surface area contributed by atoms with Gasteiger partial charge in [0.05, 0.1) is 6.33 Å². The number of aryl methyl sites for hydroxylation is 4. The van der Waals surface area contributed by atoms with E-state index in [1.165, 1.54) is 28.3 Å². The molecule has 0 amide bonds. The topological polar surface area (TPSA) is 77.6 Å². The molecule has 0 radical (unpaired) electrons. The maximum atomic E-state index is 12.4. The van der Waals surface area contributed by atoms with E-state index in [0.29, 0.717) is 17.7 Å². The van der Waals surface area contributed by atoms with Gasteiger partial charge >= 0.3 is 5.69 Å². The van der Waals surface area contributed by atoms with Gasteiger partial charge in [-0.3, -0.25) is 13.9 Å². The Morgan fingerprint density at radius 3 is 2.73 bits per heavy atom. The Bertz CT molecular complexity index is 1240. The Balaban J connectivity index is 1.58. The molecule has 0 spiro atoms. The molecule has 7 heteroatoms. The Kier molecular flexibility index (Phi) is 3.79. The summed E-state index contributed by atoms with van der Waals surface area (Å²) in [6, 6.07) is 8.55. The number of hydrogen-bond donors (Lipinski definition) is 1. The average Bonchev–Trinajstić information content (AvgIpc) is 3.21. The van der Waals surface area contributed by atoms with E-state index in [-0.39, 0.29) is 11.2 Å². The van der Waals surface area contributed by atoms with Crippen LogP contribution in [0.2, 0.25) is 0 Å². The molecule has 4 aromatic rings. The van der Waals surface area contributed by atoms with E-state index in [2.05, 4.69) is 41.2 Å². The molecule has 134 valence electrons. The van der Waals surface area contributed by atoms with Crippen molar-refractivity contribution < 1.29 is 0 Å². The molecule has 7 nitrogen and oxygen atoms in total. The van der Waals surface area contributed by atoms with E-state index in [1.807, 2.05) is 4.57 Å². The molecule has 0 aliphatic rings. The summed E-state index contributed by atoms with van der Waals surface area (Å²) >= 11 is 0. The fourth-order valence-electron chi connectivity index (χ4n) is 3.44. The maximum absolute atomic E-state index is 12.4. The van der Waals surface area contributed by atoms with Gasteiger partial charge in [-0.2, -0.15) is 0 Å². The van der Waals surface area contributed by atoms with Crippen LogP contribution < -0.4 is 11.2 Å². The highest BCUT2D eigenvalue weighted by Gasteiger charge is 2.14. The molecule has 0 fully saturated rings. The predicted octanol–water partition coefficient (Wildman–Crippen LogP) is 1.86. The molecule has 1 aromatic carbocycles. The highest BCUT2D eigenvalue weighted by Crippen LogP contribution is 2.18. The van der Waals surface area contributed by atoms with E-state index in [0.717, 1.165) is 22.9 Å². The third-order valence-corrected chi connectivity index (χ3v) is 4.90. The van der Waals surface area contributed by atoms with Crippen molar-refractivity contribution >= 4 is 22.1 Å². The van der Waals surface area contributed by atoms with Crippen LogP contribution in [-0.2, 0) is 27.1 Å². The lowest BCUT2D eigenvalue weighted by atomic mass is 10.2. The van der Waals surface area contributed by atoms with Crippen molar-refractivity contribution in [3.8, 4) is 0 Å². The minimum atomic E-state index is -0.360. The fraction of sp³-hybridized carbons (Fsp3) is 0.316. The van der Waals surface area contributed by atoms with Gasteiger partial charge in [-0.25, -0.2) is 9.78 Å². The van der Waals surface area contributed by atoms with Crippen molar-refractivity contribution in [1.82, 2.24) is 23.7 Å². The molecule has 4 rings (SSSR count). The van der Waals surface area contributed by atoms with Gasteiger partial charge in [0.2, 0.25) is 0 Å². The first kappa shape index (κ1) is 16.4. The van der Waals surface area contributed by atoms with Crippen molar-refractivity contribution in [2.45, 2.75) is 26.3 Å². The Morgan fingerprint density at radius 2 is 1.92 bits per heavy atom. The van der Waals surface area contributed by atoms with Crippen LogP contribution >= 0.6 is 0 Å². The number of H-pyrrole nitrogens is 1. The van der Waals surface area contributed by atoms with Crippen molar-refractivity contribution in [3.63, 3.8) is 0 Å². The van der Waals surface area contributed by atoms with Crippen LogP contribution in [0.25, 0.3) is 22.1 Å². The van der Waals surface area contributed by atoms with Crippen LogP contribution in [0.5, 0.6) is 0 Å². The Morgan fingerprint density at radius 1 is 1.12 bits per heavy atom. The minimum absolute atomic E-state index is 0.304. The Labute approximate surface area is 149 Å². The summed E-state index contributed by atoms with van der Waals surface area (Å²) in [6.45, 7) is 2.75. The summed E-state index contributed by atoms with van der Waals surface area (Å²) in [4.78, 5) is 32.2. The van der Waals surface area contributed by atoms with E-state index in [9.17, 15) is 9.59 Å². The predicted molar refractivity (Wildman–Crippen MR) is 102 cm³/mol. The third-order valence-electron chi connectivity index (χ3n) is 4.90. The summed E-state index contributed by atoms with van der Waals surface area (Å²) in [7, 11) is 3.13. The van der Waals surface area contributed by atoms with Gasteiger partial charge in [0.25, 0.3) is 5.56 Å². The van der Waals surface area contributed by atoms with E-state index < -0.39 is 0 Å². The third kappa shape index (κ3) is 2.56. The molecule has 1 N–H and O–H groups in total. The molecule has 0 aliphatic heterocycles. The molecular weight excluding hydrogens is 330 g/mol. The summed E-state index contributed by atoms with van der Waals surface area (Å²) in [5.41, 5.74) is 3.80. The van der Waals surface area contributed by atoms with Crippen molar-refractivity contribution in [2.75, 3.05) is 0 Å². The quantitative estimate of drug-likeness (QED) is 0.610. The van der Waals surface area contributed by atoms with E-state index in [1.54, 1.807) is 13.4 Å². The number of nitrogens with one attached hydrogen (secondary N) is 1. The first-order valence-corrected chi connectivity index (χ1v) is 8.65. The highest BCUT2D eigenvalue weighted by atomic mass is 16.2. The zero-order valence-corrected chi connectivity index (χ0v) is 15.1. The second-order valence-electron chi connectivity index (χ2n) is 6.80. The van der Waals surface area contributed by atoms with Crippen molar-refractivity contribution in [1.29, 1.82) is 0 Å². The largest absolute Gasteiger partial charge is 0.358 e. The number of aromatic amines is 1. The molecule has 26 heavy (non-hydrogen) atoms. The van der Waals surface area contributed by atoms with Gasteiger partial charge in [0.1, 0.15) is 0 Å². The number of nitrogens with zero attached hydrogens (tertiary/aromatic N) is 4. The molecule has 0 aliphatic carbocycles. The first-order valence-electron chi connectivity index (χ1n) is 8.65. The summed E-state index contributed by atoms with van der Waals surface area (Å²) < 4.78 is 4.37.